The zero-order valence-corrected chi connectivity index (χ0v) is 8.74. The van der Waals surface area contributed by atoms with E-state index in [-0.39, 0.29) is 5.82 Å². The van der Waals surface area contributed by atoms with Gasteiger partial charge >= 0.3 is 5.54 Å². The molecule has 0 nitrogen and oxygen atoms in total. The summed E-state index contributed by atoms with van der Waals surface area (Å²) >= 11 is 16.7. The van der Waals surface area contributed by atoms with Gasteiger partial charge < -0.3 is 0 Å². The molecule has 1 rings (SSSR count). The van der Waals surface area contributed by atoms with E-state index in [4.69, 9.17) is 34.5 Å². The number of benzene rings is 1. The van der Waals surface area contributed by atoms with E-state index in [9.17, 15) is 4.39 Å². The van der Waals surface area contributed by atoms with Gasteiger partial charge in [0.15, 0.2) is 0 Å². The Hall–Kier alpha value is -0.175. The SMILES string of the molecule is Fc1cccc(/C(Cl)=C/B(Cl)Cl)c1. The molecule has 13 heavy (non-hydrogen) atoms. The highest BCUT2D eigenvalue weighted by Gasteiger charge is 2.05. The Kier molecular flexibility index (Phi) is 4.11. The van der Waals surface area contributed by atoms with Gasteiger partial charge in [-0.05, 0) is 17.7 Å². The monoisotopic (exact) mass is 236 g/mol. The van der Waals surface area contributed by atoms with E-state index >= 15 is 0 Å². The summed E-state index contributed by atoms with van der Waals surface area (Å²) in [5.74, 6) is 1.09. The molecule has 0 bridgehead atoms. The molecule has 0 saturated heterocycles. The third-order valence-electron chi connectivity index (χ3n) is 1.37. The third kappa shape index (κ3) is 3.59. The van der Waals surface area contributed by atoms with Gasteiger partial charge in [-0.2, -0.15) is 22.9 Å². The zero-order chi connectivity index (χ0) is 9.84. The lowest BCUT2D eigenvalue weighted by Crippen LogP contribution is -1.87. The second kappa shape index (κ2) is 4.89. The molecule has 0 N–H and O–H groups in total. The van der Waals surface area contributed by atoms with Crippen LogP contribution in [-0.4, -0.2) is 5.54 Å². The smallest absolute Gasteiger partial charge is 0.207 e. The number of hydrogen-bond acceptors (Lipinski definition) is 0. The van der Waals surface area contributed by atoms with E-state index < -0.39 is 5.54 Å². The summed E-state index contributed by atoms with van der Waals surface area (Å²) in [5, 5.41) is 0.342. The minimum Gasteiger partial charge on any atom is -0.207 e. The van der Waals surface area contributed by atoms with Gasteiger partial charge in [-0.3, -0.25) is 0 Å². The van der Waals surface area contributed by atoms with Gasteiger partial charge in [-0.1, -0.05) is 29.7 Å². The van der Waals surface area contributed by atoms with Crippen molar-refractivity contribution in [2.75, 3.05) is 0 Å². The predicted molar refractivity (Wildman–Crippen MR) is 57.7 cm³/mol. The molecule has 0 spiro atoms. The minimum absolute atomic E-state index is 0.342. The largest absolute Gasteiger partial charge is 0.377 e. The van der Waals surface area contributed by atoms with E-state index in [0.717, 1.165) is 0 Å². The quantitative estimate of drug-likeness (QED) is 0.684. The maximum atomic E-state index is 12.7. The molecule has 0 radical (unpaired) electrons. The minimum atomic E-state index is -0.684. The first-order valence-electron chi connectivity index (χ1n) is 3.51. The molecule has 0 aliphatic carbocycles. The maximum absolute atomic E-state index is 12.7. The second-order valence-corrected chi connectivity index (χ2v) is 3.93. The molecule has 1 aromatic carbocycles. The molecule has 0 unspecified atom stereocenters. The highest BCUT2D eigenvalue weighted by atomic mass is 35.5. The molecule has 0 fully saturated rings. The molecule has 0 aliphatic heterocycles. The lowest BCUT2D eigenvalue weighted by molar-refractivity contribution is 0.627. The van der Waals surface area contributed by atoms with Crippen LogP contribution in [0.3, 0.4) is 0 Å². The van der Waals surface area contributed by atoms with Gasteiger partial charge in [0.05, 0.1) is 0 Å². The summed E-state index contributed by atoms with van der Waals surface area (Å²) in [6.45, 7) is 0. The van der Waals surface area contributed by atoms with E-state index in [1.807, 2.05) is 0 Å². The van der Waals surface area contributed by atoms with E-state index in [2.05, 4.69) is 0 Å². The van der Waals surface area contributed by atoms with Crippen molar-refractivity contribution in [3.8, 4) is 0 Å². The van der Waals surface area contributed by atoms with Gasteiger partial charge in [-0.15, -0.1) is 0 Å². The zero-order valence-electron chi connectivity index (χ0n) is 6.48. The first kappa shape index (κ1) is 10.9. The molecule has 5 heteroatoms. The summed E-state index contributed by atoms with van der Waals surface area (Å²) in [6, 6.07) is 5.90. The van der Waals surface area contributed by atoms with Crippen molar-refractivity contribution < 1.29 is 4.39 Å². The molecule has 0 aliphatic rings. The van der Waals surface area contributed by atoms with Crippen LogP contribution in [0.1, 0.15) is 5.56 Å². The molecule has 68 valence electrons. The summed E-state index contributed by atoms with van der Waals surface area (Å²) in [5.41, 5.74) is -0.122. The average Bonchev–Trinajstić information content (AvgIpc) is 2.03. The molecule has 0 saturated carbocycles. The molecule has 1 aromatic rings. The summed E-state index contributed by atoms with van der Waals surface area (Å²) in [6.07, 6.45) is 0. The summed E-state index contributed by atoms with van der Waals surface area (Å²) < 4.78 is 12.7. The lowest BCUT2D eigenvalue weighted by atomic mass is 10.0. The fourth-order valence-corrected chi connectivity index (χ4v) is 1.47. The second-order valence-electron chi connectivity index (χ2n) is 2.36. The molecule has 0 aromatic heterocycles. The van der Waals surface area contributed by atoms with Crippen LogP contribution in [-0.2, 0) is 0 Å². The van der Waals surface area contributed by atoms with Crippen molar-refractivity contribution in [3.05, 3.63) is 41.6 Å². The Morgan fingerprint density at radius 2 is 2.08 bits per heavy atom. The van der Waals surface area contributed by atoms with E-state index in [0.29, 0.717) is 10.6 Å². The number of halogens is 4. The van der Waals surface area contributed by atoms with Crippen LogP contribution in [0.4, 0.5) is 4.39 Å². The normalized spacial score (nSPS) is 11.5. The van der Waals surface area contributed by atoms with E-state index in [1.165, 1.54) is 18.1 Å². The fraction of sp³-hybridized carbons (Fsp3) is 0. The number of rotatable bonds is 2. The highest BCUT2D eigenvalue weighted by molar-refractivity contribution is 7.36. The van der Waals surface area contributed by atoms with Crippen LogP contribution in [0.5, 0.6) is 0 Å². The average molecular weight is 237 g/mol. The first-order chi connectivity index (χ1) is 6.09. The molecular weight excluding hydrogens is 232 g/mol. The number of hydrogen-bond donors (Lipinski definition) is 0. The fourth-order valence-electron chi connectivity index (χ4n) is 0.844. The van der Waals surface area contributed by atoms with Crippen LogP contribution in [0.15, 0.2) is 30.2 Å². The van der Waals surface area contributed by atoms with Crippen LogP contribution in [0.25, 0.3) is 5.03 Å². The molecule has 0 amide bonds. The summed E-state index contributed by atoms with van der Waals surface area (Å²) in [7, 11) is 0. The first-order valence-corrected chi connectivity index (χ1v) is 4.76. The Labute approximate surface area is 91.2 Å². The predicted octanol–water partition coefficient (Wildman–Crippen LogP) is 3.91. The topological polar surface area (TPSA) is 0 Å². The summed E-state index contributed by atoms with van der Waals surface area (Å²) in [4.78, 5) is 0. The van der Waals surface area contributed by atoms with Gasteiger partial charge in [0.25, 0.3) is 0 Å². The van der Waals surface area contributed by atoms with Crippen LogP contribution in [0.2, 0.25) is 0 Å². The van der Waals surface area contributed by atoms with Gasteiger partial charge in [-0.25, -0.2) is 4.39 Å². The lowest BCUT2D eigenvalue weighted by Gasteiger charge is -1.98. The van der Waals surface area contributed by atoms with Crippen LogP contribution < -0.4 is 0 Å². The van der Waals surface area contributed by atoms with Crippen molar-refractivity contribution in [2.45, 2.75) is 0 Å². The Morgan fingerprint density at radius 3 is 2.62 bits per heavy atom. The van der Waals surface area contributed by atoms with Crippen molar-refractivity contribution in [2.24, 2.45) is 0 Å². The van der Waals surface area contributed by atoms with Crippen LogP contribution >= 0.6 is 34.5 Å². The standard InChI is InChI=1S/C8H5BCl3F/c10-8(5-9(11)12)6-2-1-3-7(13)4-6/h1-5H/b8-5-. The van der Waals surface area contributed by atoms with Crippen molar-refractivity contribution in [1.82, 2.24) is 0 Å². The van der Waals surface area contributed by atoms with Crippen LogP contribution in [0, 0.1) is 5.82 Å². The maximum Gasteiger partial charge on any atom is 0.377 e. The highest BCUT2D eigenvalue weighted by Crippen LogP contribution is 2.21. The Balaban J connectivity index is 2.95. The van der Waals surface area contributed by atoms with Crippen molar-refractivity contribution in [1.29, 1.82) is 0 Å². The van der Waals surface area contributed by atoms with Gasteiger partial charge in [0.1, 0.15) is 5.82 Å². The Bertz CT molecular complexity index is 325. The molecular formula is C8H5BCl3F. The van der Waals surface area contributed by atoms with E-state index in [1.54, 1.807) is 12.1 Å². The van der Waals surface area contributed by atoms with Crippen molar-refractivity contribution >= 4 is 45.1 Å². The molecule has 0 atom stereocenters. The van der Waals surface area contributed by atoms with Crippen molar-refractivity contribution in [3.63, 3.8) is 0 Å². The third-order valence-corrected chi connectivity index (χ3v) is 1.97. The Morgan fingerprint density at radius 1 is 1.38 bits per heavy atom. The van der Waals surface area contributed by atoms with Gasteiger partial charge in [0.2, 0.25) is 0 Å². The molecule has 0 heterocycles. The van der Waals surface area contributed by atoms with Gasteiger partial charge in [0, 0.05) is 5.03 Å².